The average molecular weight is 306 g/mol. The van der Waals surface area contributed by atoms with Gasteiger partial charge in [-0.2, -0.15) is 0 Å². The molecule has 1 aromatic carbocycles. The van der Waals surface area contributed by atoms with Crippen molar-refractivity contribution in [3.8, 4) is 5.75 Å². The molecule has 1 unspecified atom stereocenters. The summed E-state index contributed by atoms with van der Waals surface area (Å²) in [5, 5.41) is 5.48. The smallest absolute Gasteiger partial charge is 0.412 e. The summed E-state index contributed by atoms with van der Waals surface area (Å²) < 4.78 is 10.6. The van der Waals surface area contributed by atoms with Gasteiger partial charge in [0.2, 0.25) is 5.91 Å². The summed E-state index contributed by atoms with van der Waals surface area (Å²) in [6, 6.07) is 5.39. The number of methoxy groups -OCH3 is 1. The molecule has 6 heteroatoms. The van der Waals surface area contributed by atoms with Gasteiger partial charge in [-0.3, -0.25) is 10.1 Å². The molecule has 0 saturated carbocycles. The van der Waals surface area contributed by atoms with Gasteiger partial charge in [-0.15, -0.1) is 0 Å². The molecule has 1 aromatic rings. The number of carbonyl (C=O) groups is 2. The van der Waals surface area contributed by atoms with Gasteiger partial charge in [0, 0.05) is 30.6 Å². The van der Waals surface area contributed by atoms with Crippen molar-refractivity contribution in [1.29, 1.82) is 0 Å². The maximum absolute atomic E-state index is 11.8. The van der Waals surface area contributed by atoms with Crippen molar-refractivity contribution in [3.63, 3.8) is 0 Å². The lowest BCUT2D eigenvalue weighted by molar-refractivity contribution is -0.119. The van der Waals surface area contributed by atoms with E-state index in [-0.39, 0.29) is 11.8 Å². The molecule has 22 heavy (non-hydrogen) atoms. The third-order valence-corrected chi connectivity index (χ3v) is 3.30. The van der Waals surface area contributed by atoms with Crippen LogP contribution < -0.4 is 15.4 Å². The molecule has 0 spiro atoms. The Kier molecular flexibility index (Phi) is 4.59. The number of amides is 2. The third-order valence-electron chi connectivity index (χ3n) is 3.30. The number of hydrogen-bond acceptors (Lipinski definition) is 4. The molecular weight excluding hydrogens is 284 g/mol. The molecule has 0 aromatic heterocycles. The predicted molar refractivity (Wildman–Crippen MR) is 83.2 cm³/mol. The molecule has 2 amide bonds. The SMILES string of the molecule is COc1cc(NC(=O)OC(C)(C)C)ccc1C1CNC(=O)C1. The minimum Gasteiger partial charge on any atom is -0.496 e. The van der Waals surface area contributed by atoms with Crippen LogP contribution >= 0.6 is 0 Å². The van der Waals surface area contributed by atoms with Crippen LogP contribution in [-0.2, 0) is 9.53 Å². The van der Waals surface area contributed by atoms with Crippen LogP contribution in [0.25, 0.3) is 0 Å². The van der Waals surface area contributed by atoms with Gasteiger partial charge >= 0.3 is 6.09 Å². The van der Waals surface area contributed by atoms with Crippen molar-refractivity contribution < 1.29 is 19.1 Å². The van der Waals surface area contributed by atoms with E-state index in [0.717, 1.165) is 5.56 Å². The largest absolute Gasteiger partial charge is 0.496 e. The average Bonchev–Trinajstić information content (AvgIpc) is 2.82. The minimum absolute atomic E-state index is 0.0445. The number of ether oxygens (including phenoxy) is 2. The number of benzene rings is 1. The zero-order valence-electron chi connectivity index (χ0n) is 13.4. The van der Waals surface area contributed by atoms with E-state index in [0.29, 0.717) is 24.4 Å². The molecule has 1 heterocycles. The highest BCUT2D eigenvalue weighted by atomic mass is 16.6. The molecule has 6 nitrogen and oxygen atoms in total. The zero-order valence-corrected chi connectivity index (χ0v) is 13.4. The molecule has 1 fully saturated rings. The minimum atomic E-state index is -0.552. The summed E-state index contributed by atoms with van der Waals surface area (Å²) in [6.45, 7) is 6.02. The molecule has 1 saturated heterocycles. The van der Waals surface area contributed by atoms with Gasteiger partial charge < -0.3 is 14.8 Å². The Morgan fingerprint density at radius 3 is 2.64 bits per heavy atom. The maximum atomic E-state index is 11.8. The molecule has 2 N–H and O–H groups in total. The molecule has 0 aliphatic carbocycles. The van der Waals surface area contributed by atoms with Crippen molar-refractivity contribution in [2.75, 3.05) is 19.0 Å². The fourth-order valence-electron chi connectivity index (χ4n) is 2.37. The number of anilines is 1. The van der Waals surface area contributed by atoms with E-state index in [1.165, 1.54) is 0 Å². The lowest BCUT2D eigenvalue weighted by Crippen LogP contribution is -2.27. The van der Waals surface area contributed by atoms with Gasteiger partial charge in [0.25, 0.3) is 0 Å². The van der Waals surface area contributed by atoms with Crippen LogP contribution in [-0.4, -0.2) is 31.3 Å². The molecule has 0 radical (unpaired) electrons. The first-order valence-electron chi connectivity index (χ1n) is 7.23. The van der Waals surface area contributed by atoms with Gasteiger partial charge in [0.05, 0.1) is 7.11 Å². The van der Waals surface area contributed by atoms with Crippen LogP contribution in [0.3, 0.4) is 0 Å². The molecule has 1 atom stereocenters. The lowest BCUT2D eigenvalue weighted by atomic mass is 9.97. The fourth-order valence-corrected chi connectivity index (χ4v) is 2.37. The second-order valence-corrected chi connectivity index (χ2v) is 6.29. The summed E-state index contributed by atoms with van der Waals surface area (Å²) in [5.41, 5.74) is 0.993. The normalized spacial score (nSPS) is 17.8. The van der Waals surface area contributed by atoms with E-state index in [2.05, 4.69) is 10.6 Å². The summed E-state index contributed by atoms with van der Waals surface area (Å²) in [5.74, 6) is 0.788. The molecule has 0 bridgehead atoms. The molecular formula is C16H22N2O4. The Labute approximate surface area is 130 Å². The monoisotopic (exact) mass is 306 g/mol. The van der Waals surface area contributed by atoms with Crippen LogP contribution in [0, 0.1) is 0 Å². The van der Waals surface area contributed by atoms with Crippen LogP contribution in [0.2, 0.25) is 0 Å². The fraction of sp³-hybridized carbons (Fsp3) is 0.500. The molecule has 1 aliphatic rings. The van der Waals surface area contributed by atoms with E-state index in [1.807, 2.05) is 6.07 Å². The summed E-state index contributed by atoms with van der Waals surface area (Å²) in [6.07, 6.45) is -0.0603. The van der Waals surface area contributed by atoms with Gasteiger partial charge in [-0.25, -0.2) is 4.79 Å². The number of hydrogen-bond donors (Lipinski definition) is 2. The Morgan fingerprint density at radius 2 is 2.09 bits per heavy atom. The summed E-state index contributed by atoms with van der Waals surface area (Å²) in [7, 11) is 1.57. The van der Waals surface area contributed by atoms with E-state index in [9.17, 15) is 9.59 Å². The quantitative estimate of drug-likeness (QED) is 0.900. The first-order valence-corrected chi connectivity index (χ1v) is 7.23. The molecule has 1 aliphatic heterocycles. The van der Waals surface area contributed by atoms with Crippen molar-refractivity contribution in [1.82, 2.24) is 5.32 Å². The maximum Gasteiger partial charge on any atom is 0.412 e. The number of rotatable bonds is 3. The van der Waals surface area contributed by atoms with E-state index < -0.39 is 11.7 Å². The summed E-state index contributed by atoms with van der Waals surface area (Å²) >= 11 is 0. The molecule has 2 rings (SSSR count). The highest BCUT2D eigenvalue weighted by Gasteiger charge is 2.26. The molecule has 120 valence electrons. The Bertz CT molecular complexity index is 578. The Hall–Kier alpha value is -2.24. The van der Waals surface area contributed by atoms with Crippen molar-refractivity contribution in [2.24, 2.45) is 0 Å². The third kappa shape index (κ3) is 4.13. The topological polar surface area (TPSA) is 76.7 Å². The van der Waals surface area contributed by atoms with Gasteiger partial charge in [-0.1, -0.05) is 6.07 Å². The zero-order chi connectivity index (χ0) is 16.3. The second kappa shape index (κ2) is 6.25. The van der Waals surface area contributed by atoms with Gasteiger partial charge in [-0.05, 0) is 32.4 Å². The Morgan fingerprint density at radius 1 is 1.36 bits per heavy atom. The number of carbonyl (C=O) groups excluding carboxylic acids is 2. The summed E-state index contributed by atoms with van der Waals surface area (Å²) in [4.78, 5) is 23.1. The highest BCUT2D eigenvalue weighted by molar-refractivity contribution is 5.85. The van der Waals surface area contributed by atoms with Gasteiger partial charge in [0.15, 0.2) is 0 Å². The highest BCUT2D eigenvalue weighted by Crippen LogP contribution is 2.33. The van der Waals surface area contributed by atoms with Crippen LogP contribution in [0.5, 0.6) is 5.75 Å². The van der Waals surface area contributed by atoms with E-state index >= 15 is 0 Å². The number of nitrogens with one attached hydrogen (secondary N) is 2. The second-order valence-electron chi connectivity index (χ2n) is 6.29. The first kappa shape index (κ1) is 16.1. The predicted octanol–water partition coefficient (Wildman–Crippen LogP) is 2.65. The standard InChI is InChI=1S/C16H22N2O4/c1-16(2,3)22-15(20)18-11-5-6-12(13(8-11)21-4)10-7-14(19)17-9-10/h5-6,8,10H,7,9H2,1-4H3,(H,17,19)(H,18,20). The van der Waals surface area contributed by atoms with Crippen molar-refractivity contribution in [2.45, 2.75) is 38.7 Å². The Balaban J connectivity index is 2.12. The van der Waals surface area contributed by atoms with E-state index in [4.69, 9.17) is 9.47 Å². The van der Waals surface area contributed by atoms with E-state index in [1.54, 1.807) is 40.0 Å². The lowest BCUT2D eigenvalue weighted by Gasteiger charge is -2.20. The van der Waals surface area contributed by atoms with Crippen molar-refractivity contribution >= 4 is 17.7 Å². The van der Waals surface area contributed by atoms with Gasteiger partial charge in [0.1, 0.15) is 11.4 Å². The van der Waals surface area contributed by atoms with Crippen LogP contribution in [0.15, 0.2) is 18.2 Å². The van der Waals surface area contributed by atoms with Crippen molar-refractivity contribution in [3.05, 3.63) is 23.8 Å². The van der Waals surface area contributed by atoms with Crippen LogP contribution in [0.4, 0.5) is 10.5 Å². The van der Waals surface area contributed by atoms with Crippen LogP contribution in [0.1, 0.15) is 38.7 Å². The first-order chi connectivity index (χ1) is 10.3.